The Labute approximate surface area is 347 Å². The monoisotopic (exact) mass is 762 g/mol. The Kier molecular flexibility index (Phi) is 6.85. The molecule has 0 radical (unpaired) electrons. The van der Waals surface area contributed by atoms with Crippen LogP contribution < -0.4 is 0 Å². The van der Waals surface area contributed by atoms with Gasteiger partial charge in [-0.2, -0.15) is 0 Å². The van der Waals surface area contributed by atoms with E-state index in [4.69, 9.17) is 4.42 Å². The van der Waals surface area contributed by atoms with Gasteiger partial charge in [-0.1, -0.05) is 196 Å². The fourth-order valence-electron chi connectivity index (χ4n) is 11.1. The van der Waals surface area contributed by atoms with Crippen molar-refractivity contribution < 1.29 is 4.42 Å². The molecule has 1 aliphatic carbocycles. The van der Waals surface area contributed by atoms with Crippen molar-refractivity contribution in [3.8, 4) is 44.5 Å². The van der Waals surface area contributed by atoms with Crippen LogP contribution in [0.1, 0.15) is 25.0 Å². The average Bonchev–Trinajstić information content (AvgIpc) is 3.80. The van der Waals surface area contributed by atoms with Crippen LogP contribution in [0, 0.1) is 0 Å². The van der Waals surface area contributed by atoms with Crippen molar-refractivity contribution >= 4 is 75.8 Å². The summed E-state index contributed by atoms with van der Waals surface area (Å²) in [5, 5.41) is 14.9. The summed E-state index contributed by atoms with van der Waals surface area (Å²) in [4.78, 5) is 0. The molecule has 12 aromatic rings. The Balaban J connectivity index is 1.06. The van der Waals surface area contributed by atoms with Gasteiger partial charge in [0.15, 0.2) is 0 Å². The molecule has 0 amide bonds. The third-order valence-electron chi connectivity index (χ3n) is 13.6. The molecule has 1 aliphatic rings. The van der Waals surface area contributed by atoms with Gasteiger partial charge in [0.1, 0.15) is 11.2 Å². The van der Waals surface area contributed by atoms with Gasteiger partial charge < -0.3 is 4.42 Å². The maximum absolute atomic E-state index is 6.67. The predicted molar refractivity (Wildman–Crippen MR) is 255 cm³/mol. The lowest BCUT2D eigenvalue weighted by Gasteiger charge is -2.23. The molecule has 1 heterocycles. The summed E-state index contributed by atoms with van der Waals surface area (Å²) in [6, 6.07) is 71.8. The molecule has 280 valence electrons. The standard InChI is InChI=1S/C59H38O/c1-59(2)51-33-30-36(34-50(51)55-46-25-11-12-26-48(46)58-56(57(55)59)49-27-13-14-29-52(49)60-58)38-31-32-47(40-20-6-5-19-39(38)40)54-44-23-9-7-21-42(44)53(43-22-8-10-24-45(43)54)41-28-15-17-35-16-3-4-18-37(35)41/h3-34H,1-2H3. The first-order valence-electron chi connectivity index (χ1n) is 21.0. The second-order valence-corrected chi connectivity index (χ2v) is 17.1. The molecule has 60 heavy (non-hydrogen) atoms. The maximum atomic E-state index is 6.67. The van der Waals surface area contributed by atoms with E-state index in [1.54, 1.807) is 0 Å². The second-order valence-electron chi connectivity index (χ2n) is 17.1. The van der Waals surface area contributed by atoms with Crippen LogP contribution in [0.5, 0.6) is 0 Å². The van der Waals surface area contributed by atoms with Crippen molar-refractivity contribution in [2.24, 2.45) is 0 Å². The van der Waals surface area contributed by atoms with Gasteiger partial charge in [-0.25, -0.2) is 0 Å². The van der Waals surface area contributed by atoms with Crippen LogP contribution in [0.2, 0.25) is 0 Å². The van der Waals surface area contributed by atoms with Gasteiger partial charge in [0, 0.05) is 21.6 Å². The summed E-state index contributed by atoms with van der Waals surface area (Å²) in [6.07, 6.45) is 0. The predicted octanol–water partition coefficient (Wildman–Crippen LogP) is 16.7. The van der Waals surface area contributed by atoms with E-state index in [-0.39, 0.29) is 5.41 Å². The first kappa shape index (κ1) is 33.5. The van der Waals surface area contributed by atoms with Crippen molar-refractivity contribution in [2.45, 2.75) is 19.3 Å². The largest absolute Gasteiger partial charge is 0.455 e. The zero-order valence-electron chi connectivity index (χ0n) is 33.4. The number of fused-ring (bicyclic) bond motifs is 14. The lowest BCUT2D eigenvalue weighted by atomic mass is 9.79. The average molecular weight is 763 g/mol. The molecular weight excluding hydrogens is 725 g/mol. The third-order valence-corrected chi connectivity index (χ3v) is 13.6. The Morgan fingerprint density at radius 3 is 1.50 bits per heavy atom. The lowest BCUT2D eigenvalue weighted by molar-refractivity contribution is 0.659. The van der Waals surface area contributed by atoms with E-state index in [1.165, 1.54) is 115 Å². The van der Waals surface area contributed by atoms with E-state index in [2.05, 4.69) is 208 Å². The summed E-state index contributed by atoms with van der Waals surface area (Å²) < 4.78 is 6.67. The summed E-state index contributed by atoms with van der Waals surface area (Å²) in [5.74, 6) is 0. The van der Waals surface area contributed by atoms with Gasteiger partial charge >= 0.3 is 0 Å². The summed E-state index contributed by atoms with van der Waals surface area (Å²) in [7, 11) is 0. The van der Waals surface area contributed by atoms with E-state index < -0.39 is 0 Å². The smallest absolute Gasteiger partial charge is 0.143 e. The van der Waals surface area contributed by atoms with Crippen LogP contribution in [0.3, 0.4) is 0 Å². The van der Waals surface area contributed by atoms with Gasteiger partial charge in [0.05, 0.1) is 0 Å². The fraction of sp³-hybridized carbons (Fsp3) is 0.0508. The van der Waals surface area contributed by atoms with Gasteiger partial charge in [-0.3, -0.25) is 0 Å². The molecule has 0 saturated carbocycles. The molecular formula is C59H38O. The third kappa shape index (κ3) is 4.47. The van der Waals surface area contributed by atoms with Crippen molar-refractivity contribution in [3.05, 3.63) is 205 Å². The normalized spacial score (nSPS) is 13.3. The van der Waals surface area contributed by atoms with Crippen LogP contribution in [0.15, 0.2) is 199 Å². The number of hydrogen-bond acceptors (Lipinski definition) is 1. The quantitative estimate of drug-likeness (QED) is 0.163. The van der Waals surface area contributed by atoms with E-state index in [0.29, 0.717) is 0 Å². The Morgan fingerprint density at radius 2 is 0.833 bits per heavy atom. The molecule has 0 unspecified atom stereocenters. The molecule has 0 fully saturated rings. The highest BCUT2D eigenvalue weighted by Gasteiger charge is 2.40. The molecule has 0 aliphatic heterocycles. The molecule has 1 aromatic heterocycles. The minimum absolute atomic E-state index is 0.218. The highest BCUT2D eigenvalue weighted by atomic mass is 16.3. The Hall–Kier alpha value is -7.48. The van der Waals surface area contributed by atoms with E-state index in [1.807, 2.05) is 0 Å². The topological polar surface area (TPSA) is 13.1 Å². The molecule has 11 aromatic carbocycles. The first-order chi connectivity index (χ1) is 29.6. The van der Waals surface area contributed by atoms with Crippen molar-refractivity contribution in [2.75, 3.05) is 0 Å². The summed E-state index contributed by atoms with van der Waals surface area (Å²) >= 11 is 0. The zero-order valence-corrected chi connectivity index (χ0v) is 33.4. The highest BCUT2D eigenvalue weighted by molar-refractivity contribution is 6.26. The van der Waals surface area contributed by atoms with E-state index in [9.17, 15) is 0 Å². The summed E-state index contributed by atoms with van der Waals surface area (Å²) in [6.45, 7) is 4.77. The number of furan rings is 1. The van der Waals surface area contributed by atoms with Gasteiger partial charge in [-0.05, 0) is 116 Å². The number of para-hydroxylation sites is 1. The minimum Gasteiger partial charge on any atom is -0.455 e. The minimum atomic E-state index is -0.218. The van der Waals surface area contributed by atoms with Crippen LogP contribution in [-0.4, -0.2) is 0 Å². The Bertz CT molecular complexity index is 3740. The molecule has 0 saturated heterocycles. The summed E-state index contributed by atoms with van der Waals surface area (Å²) in [5.41, 5.74) is 14.6. The van der Waals surface area contributed by atoms with Crippen LogP contribution in [0.4, 0.5) is 0 Å². The van der Waals surface area contributed by atoms with Gasteiger partial charge in [0.2, 0.25) is 0 Å². The molecule has 13 rings (SSSR count). The first-order valence-corrected chi connectivity index (χ1v) is 21.0. The fourth-order valence-corrected chi connectivity index (χ4v) is 11.1. The number of rotatable bonds is 3. The van der Waals surface area contributed by atoms with E-state index in [0.717, 1.165) is 16.6 Å². The van der Waals surface area contributed by atoms with Crippen LogP contribution in [-0.2, 0) is 5.41 Å². The molecule has 1 heteroatoms. The molecule has 0 bridgehead atoms. The van der Waals surface area contributed by atoms with Crippen LogP contribution in [0.25, 0.3) is 120 Å². The van der Waals surface area contributed by atoms with Crippen molar-refractivity contribution in [1.82, 2.24) is 0 Å². The second kappa shape index (κ2) is 12.3. The lowest BCUT2D eigenvalue weighted by Crippen LogP contribution is -2.15. The van der Waals surface area contributed by atoms with Gasteiger partial charge in [-0.15, -0.1) is 0 Å². The van der Waals surface area contributed by atoms with Crippen molar-refractivity contribution in [3.63, 3.8) is 0 Å². The Morgan fingerprint density at radius 1 is 0.350 bits per heavy atom. The van der Waals surface area contributed by atoms with Crippen LogP contribution >= 0.6 is 0 Å². The molecule has 0 atom stereocenters. The SMILES string of the molecule is CC1(C)c2ccc(-c3ccc(-c4c5ccccc5c(-c5cccc6ccccc56)c5ccccc45)c4ccccc34)cc2-c2c1c1c3ccccc3oc1c1ccccc21. The molecule has 0 N–H and O–H groups in total. The maximum Gasteiger partial charge on any atom is 0.143 e. The molecule has 1 nitrogen and oxygen atoms in total. The van der Waals surface area contributed by atoms with Crippen molar-refractivity contribution in [1.29, 1.82) is 0 Å². The van der Waals surface area contributed by atoms with E-state index >= 15 is 0 Å². The number of benzene rings is 11. The zero-order chi connectivity index (χ0) is 39.7. The number of hydrogen-bond donors (Lipinski definition) is 0. The van der Waals surface area contributed by atoms with Gasteiger partial charge in [0.25, 0.3) is 0 Å². The molecule has 0 spiro atoms. The highest BCUT2D eigenvalue weighted by Crippen LogP contribution is 2.57.